The van der Waals surface area contributed by atoms with Crippen LogP contribution < -0.4 is 4.90 Å². The molecule has 0 aliphatic rings. The standard InChI is InChI=1S/C54H36N2O/c1-2-15-37(16-3-1)42-17-4-5-18-44(42)45-19-6-10-24-49(45)55(39-31-29-38(30-32-39)43-23-14-28-53-54(43)48-22-9-13-27-52(48)57-53)40-33-35-41(36-34-40)56-50-25-11-7-20-46(50)47-21-8-12-26-51(47)56/h1-36H. The summed E-state index contributed by atoms with van der Waals surface area (Å²) in [5.74, 6) is 0. The van der Waals surface area contributed by atoms with Crippen LogP contribution >= 0.6 is 0 Å². The molecule has 11 aromatic rings. The van der Waals surface area contributed by atoms with Crippen molar-refractivity contribution >= 4 is 60.8 Å². The Bertz CT molecular complexity index is 3170. The Labute approximate surface area is 330 Å². The molecule has 2 heterocycles. The number of rotatable bonds is 7. The first-order valence-corrected chi connectivity index (χ1v) is 19.4. The van der Waals surface area contributed by atoms with Crippen molar-refractivity contribution in [3.05, 3.63) is 218 Å². The van der Waals surface area contributed by atoms with Crippen molar-refractivity contribution in [2.24, 2.45) is 0 Å². The van der Waals surface area contributed by atoms with Crippen LogP contribution in [0.25, 0.3) is 82.8 Å². The third-order valence-electron chi connectivity index (χ3n) is 11.2. The average molecular weight is 729 g/mol. The molecule has 11 rings (SSSR count). The molecule has 0 bridgehead atoms. The minimum Gasteiger partial charge on any atom is -0.456 e. The third-order valence-corrected chi connectivity index (χ3v) is 11.2. The number of benzene rings is 9. The number of fused-ring (bicyclic) bond motifs is 6. The van der Waals surface area contributed by atoms with E-state index in [0.29, 0.717) is 0 Å². The topological polar surface area (TPSA) is 21.3 Å². The highest BCUT2D eigenvalue weighted by Crippen LogP contribution is 2.45. The summed E-state index contributed by atoms with van der Waals surface area (Å²) >= 11 is 0. The fraction of sp³-hybridized carbons (Fsp3) is 0. The predicted octanol–water partition coefficient (Wildman–Crippen LogP) is 15.2. The van der Waals surface area contributed by atoms with E-state index in [2.05, 4.69) is 216 Å². The lowest BCUT2D eigenvalue weighted by Gasteiger charge is -2.29. The number of anilines is 3. The van der Waals surface area contributed by atoms with Gasteiger partial charge in [-0.1, -0.05) is 152 Å². The van der Waals surface area contributed by atoms with Gasteiger partial charge in [-0.15, -0.1) is 0 Å². The van der Waals surface area contributed by atoms with E-state index in [9.17, 15) is 0 Å². The summed E-state index contributed by atoms with van der Waals surface area (Å²) in [5, 5.41) is 4.78. The van der Waals surface area contributed by atoms with Crippen LogP contribution in [-0.4, -0.2) is 4.57 Å². The van der Waals surface area contributed by atoms with Gasteiger partial charge in [0.2, 0.25) is 0 Å². The summed E-state index contributed by atoms with van der Waals surface area (Å²) in [7, 11) is 0. The van der Waals surface area contributed by atoms with Crippen molar-refractivity contribution in [1.29, 1.82) is 0 Å². The van der Waals surface area contributed by atoms with Gasteiger partial charge in [-0.3, -0.25) is 0 Å². The molecule has 0 radical (unpaired) electrons. The first-order chi connectivity index (χ1) is 28.3. The maximum atomic E-state index is 6.26. The van der Waals surface area contributed by atoms with Crippen LogP contribution in [0.15, 0.2) is 223 Å². The maximum Gasteiger partial charge on any atom is 0.136 e. The van der Waals surface area contributed by atoms with Gasteiger partial charge < -0.3 is 13.9 Å². The van der Waals surface area contributed by atoms with Gasteiger partial charge in [-0.25, -0.2) is 0 Å². The molecule has 0 fully saturated rings. The zero-order valence-electron chi connectivity index (χ0n) is 31.1. The smallest absolute Gasteiger partial charge is 0.136 e. The molecule has 9 aromatic carbocycles. The third kappa shape index (κ3) is 5.51. The molecule has 3 heteroatoms. The summed E-state index contributed by atoms with van der Waals surface area (Å²) in [6, 6.07) is 78.1. The number of hydrogen-bond acceptors (Lipinski definition) is 2. The van der Waals surface area contributed by atoms with Crippen molar-refractivity contribution in [3.8, 4) is 39.1 Å². The van der Waals surface area contributed by atoms with Gasteiger partial charge in [0.25, 0.3) is 0 Å². The highest BCUT2D eigenvalue weighted by molar-refractivity contribution is 6.12. The molecule has 0 N–H and O–H groups in total. The molecule has 0 spiro atoms. The Morgan fingerprint density at radius 2 is 0.842 bits per heavy atom. The lowest BCUT2D eigenvalue weighted by atomic mass is 9.93. The quantitative estimate of drug-likeness (QED) is 0.163. The normalized spacial score (nSPS) is 11.5. The number of furan rings is 1. The zero-order chi connectivity index (χ0) is 37.7. The minimum atomic E-state index is 0.897. The monoisotopic (exact) mass is 728 g/mol. The van der Waals surface area contributed by atoms with E-state index in [1.807, 2.05) is 12.1 Å². The Morgan fingerprint density at radius 1 is 0.333 bits per heavy atom. The molecule has 57 heavy (non-hydrogen) atoms. The van der Waals surface area contributed by atoms with Crippen LogP contribution in [0.4, 0.5) is 17.1 Å². The van der Waals surface area contributed by atoms with E-state index < -0.39 is 0 Å². The second-order valence-electron chi connectivity index (χ2n) is 14.5. The van der Waals surface area contributed by atoms with E-state index in [1.165, 1.54) is 38.5 Å². The van der Waals surface area contributed by atoms with Gasteiger partial charge in [0.15, 0.2) is 0 Å². The molecule has 0 saturated heterocycles. The summed E-state index contributed by atoms with van der Waals surface area (Å²) in [6.07, 6.45) is 0. The fourth-order valence-corrected chi connectivity index (χ4v) is 8.67. The number of hydrogen-bond donors (Lipinski definition) is 0. The second kappa shape index (κ2) is 13.6. The number of para-hydroxylation sites is 4. The molecule has 0 aliphatic carbocycles. The second-order valence-corrected chi connectivity index (χ2v) is 14.5. The zero-order valence-corrected chi connectivity index (χ0v) is 31.1. The molecule has 0 atom stereocenters. The Hall–Kier alpha value is -7.62. The van der Waals surface area contributed by atoms with Crippen molar-refractivity contribution < 1.29 is 4.42 Å². The van der Waals surface area contributed by atoms with E-state index in [1.54, 1.807) is 0 Å². The van der Waals surface area contributed by atoms with Crippen LogP contribution in [0.2, 0.25) is 0 Å². The number of nitrogens with zero attached hydrogens (tertiary/aromatic N) is 2. The first kappa shape index (κ1) is 32.8. The summed E-state index contributed by atoms with van der Waals surface area (Å²) in [4.78, 5) is 2.39. The van der Waals surface area contributed by atoms with Gasteiger partial charge >= 0.3 is 0 Å². The van der Waals surface area contributed by atoms with Crippen LogP contribution in [0, 0.1) is 0 Å². The molecule has 0 unspecified atom stereocenters. The number of aromatic nitrogens is 1. The Balaban J connectivity index is 1.08. The maximum absolute atomic E-state index is 6.26. The van der Waals surface area contributed by atoms with Crippen LogP contribution in [-0.2, 0) is 0 Å². The van der Waals surface area contributed by atoms with E-state index in [-0.39, 0.29) is 0 Å². The van der Waals surface area contributed by atoms with Gasteiger partial charge in [-0.05, 0) is 94.5 Å². The molecule has 2 aromatic heterocycles. The van der Waals surface area contributed by atoms with Gasteiger partial charge in [0.1, 0.15) is 11.2 Å². The fourth-order valence-electron chi connectivity index (χ4n) is 8.67. The molecule has 3 nitrogen and oxygen atoms in total. The largest absolute Gasteiger partial charge is 0.456 e. The van der Waals surface area contributed by atoms with Crippen molar-refractivity contribution in [2.45, 2.75) is 0 Å². The minimum absolute atomic E-state index is 0.897. The predicted molar refractivity (Wildman–Crippen MR) is 239 cm³/mol. The lowest BCUT2D eigenvalue weighted by molar-refractivity contribution is 0.669. The van der Waals surface area contributed by atoms with Gasteiger partial charge in [0.05, 0.1) is 16.7 Å². The van der Waals surface area contributed by atoms with Crippen LogP contribution in [0.1, 0.15) is 0 Å². The molecule has 0 saturated carbocycles. The Morgan fingerprint density at radius 3 is 1.56 bits per heavy atom. The first-order valence-electron chi connectivity index (χ1n) is 19.4. The lowest BCUT2D eigenvalue weighted by Crippen LogP contribution is -2.11. The van der Waals surface area contributed by atoms with E-state index in [0.717, 1.165) is 61.4 Å². The van der Waals surface area contributed by atoms with Crippen molar-refractivity contribution in [2.75, 3.05) is 4.90 Å². The Kier molecular flexibility index (Phi) is 7.82. The van der Waals surface area contributed by atoms with Crippen LogP contribution in [0.3, 0.4) is 0 Å². The van der Waals surface area contributed by atoms with E-state index >= 15 is 0 Å². The molecular formula is C54H36N2O. The molecule has 0 aliphatic heterocycles. The van der Waals surface area contributed by atoms with Crippen LogP contribution in [0.5, 0.6) is 0 Å². The van der Waals surface area contributed by atoms with Gasteiger partial charge in [0, 0.05) is 44.2 Å². The SMILES string of the molecule is c1ccc(-c2ccccc2-c2ccccc2N(c2ccc(-c3cccc4oc5ccccc5c34)cc2)c2ccc(-n3c4ccccc4c4ccccc43)cc2)cc1. The van der Waals surface area contributed by atoms with Crippen molar-refractivity contribution in [1.82, 2.24) is 4.57 Å². The molecule has 268 valence electrons. The summed E-state index contributed by atoms with van der Waals surface area (Å²) < 4.78 is 8.64. The summed E-state index contributed by atoms with van der Waals surface area (Å²) in [6.45, 7) is 0. The molecular weight excluding hydrogens is 693 g/mol. The van der Waals surface area contributed by atoms with E-state index in [4.69, 9.17) is 4.42 Å². The van der Waals surface area contributed by atoms with Gasteiger partial charge in [-0.2, -0.15) is 0 Å². The molecule has 0 amide bonds. The summed E-state index contributed by atoms with van der Waals surface area (Å²) in [5.41, 5.74) is 15.6. The highest BCUT2D eigenvalue weighted by atomic mass is 16.3. The highest BCUT2D eigenvalue weighted by Gasteiger charge is 2.21. The van der Waals surface area contributed by atoms with Crippen molar-refractivity contribution in [3.63, 3.8) is 0 Å². The average Bonchev–Trinajstić information content (AvgIpc) is 3.84.